The fourth-order valence-electron chi connectivity index (χ4n) is 8.33. The summed E-state index contributed by atoms with van der Waals surface area (Å²) in [4.78, 5) is 47.7. The normalized spacial score (nSPS) is 19.5. The molecule has 5 aromatic rings. The van der Waals surface area contributed by atoms with Crippen molar-refractivity contribution in [2.45, 2.75) is 25.0 Å². The molecule has 4 aromatic carbocycles. The molecule has 14 heteroatoms. The van der Waals surface area contributed by atoms with E-state index in [4.69, 9.17) is 14.7 Å². The maximum absolute atomic E-state index is 13.0. The highest BCUT2D eigenvalue weighted by Gasteiger charge is 2.34. The number of nitrogens with zero attached hydrogens (tertiary/aromatic N) is 7. The lowest BCUT2D eigenvalue weighted by atomic mass is 10.1. The van der Waals surface area contributed by atoms with Gasteiger partial charge in [-0.2, -0.15) is 0 Å². The first-order valence-electron chi connectivity index (χ1n) is 21.0. The molecule has 4 N–H and O–H groups in total. The fraction of sp³-hybridized carbons (Fsp3) is 0.348. The number of benzene rings is 4. The molecule has 4 aliphatic rings. The molecule has 14 nitrogen and oxygen atoms in total. The van der Waals surface area contributed by atoms with Gasteiger partial charge < -0.3 is 50.5 Å². The number of nitrogens with one attached hydrogen (secondary N) is 4. The summed E-state index contributed by atoms with van der Waals surface area (Å²) in [5.41, 5.74) is 7.59. The van der Waals surface area contributed by atoms with Crippen LogP contribution in [0.5, 0.6) is 0 Å². The number of piperazine rings is 2. The zero-order chi connectivity index (χ0) is 41.0. The van der Waals surface area contributed by atoms with Crippen molar-refractivity contribution in [1.82, 2.24) is 19.8 Å². The van der Waals surface area contributed by atoms with Crippen molar-refractivity contribution in [3.63, 3.8) is 0 Å². The Labute approximate surface area is 351 Å². The molecule has 2 unspecified atom stereocenters. The van der Waals surface area contributed by atoms with Crippen molar-refractivity contribution in [1.29, 1.82) is 0 Å². The number of hydrogen-bond donors (Lipinski definition) is 4. The molecule has 9 rings (SSSR count). The molecular formula is C46H53N11O3. The van der Waals surface area contributed by atoms with Gasteiger partial charge in [-0.3, -0.25) is 0 Å². The molecule has 1 aromatic heterocycles. The molecule has 4 saturated heterocycles. The number of hydrogen-bond acceptors (Lipinski definition) is 10. The van der Waals surface area contributed by atoms with E-state index in [9.17, 15) is 9.59 Å². The maximum atomic E-state index is 13.0. The van der Waals surface area contributed by atoms with Crippen LogP contribution in [0.4, 0.5) is 49.5 Å². The van der Waals surface area contributed by atoms with Gasteiger partial charge in [0.2, 0.25) is 0 Å². The second-order valence-electron chi connectivity index (χ2n) is 16.3. The number of morpholine rings is 1. The second-order valence-corrected chi connectivity index (χ2v) is 16.3. The Morgan fingerprint density at radius 3 is 1.35 bits per heavy atom. The summed E-state index contributed by atoms with van der Waals surface area (Å²) in [6.07, 6.45) is 2.51. The van der Waals surface area contributed by atoms with Crippen molar-refractivity contribution in [3.8, 4) is 22.6 Å². The van der Waals surface area contributed by atoms with Gasteiger partial charge in [-0.1, -0.05) is 12.1 Å². The average molecular weight is 808 g/mol. The molecule has 4 fully saturated rings. The summed E-state index contributed by atoms with van der Waals surface area (Å²) in [5, 5.41) is 11.8. The average Bonchev–Trinajstić information content (AvgIpc) is 3.61. The van der Waals surface area contributed by atoms with Gasteiger partial charge in [0, 0.05) is 117 Å². The van der Waals surface area contributed by atoms with E-state index in [2.05, 4.69) is 84.1 Å². The van der Waals surface area contributed by atoms with Crippen LogP contribution in [-0.2, 0) is 4.74 Å². The minimum Gasteiger partial charge on any atom is -0.371 e. The lowest BCUT2D eigenvalue weighted by Gasteiger charge is -2.34. The van der Waals surface area contributed by atoms with Crippen molar-refractivity contribution < 1.29 is 14.3 Å². The first kappa shape index (κ1) is 39.3. The topological polar surface area (TPSA) is 133 Å². The third-order valence-corrected chi connectivity index (χ3v) is 11.9. The number of carbonyl (C=O) groups excluding carboxylic acids is 2. The zero-order valence-corrected chi connectivity index (χ0v) is 34.3. The van der Waals surface area contributed by atoms with Crippen molar-refractivity contribution in [3.05, 3.63) is 103 Å². The van der Waals surface area contributed by atoms with Gasteiger partial charge in [0.1, 0.15) is 5.82 Å². The molecule has 0 radical (unpaired) electrons. The number of aromatic nitrogens is 2. The van der Waals surface area contributed by atoms with E-state index in [1.54, 1.807) is 0 Å². The third kappa shape index (κ3) is 9.46. The minimum absolute atomic E-state index is 0.198. The van der Waals surface area contributed by atoms with E-state index in [1.165, 1.54) is 0 Å². The predicted molar refractivity (Wildman–Crippen MR) is 241 cm³/mol. The number of amides is 4. The van der Waals surface area contributed by atoms with Gasteiger partial charge in [0.05, 0.1) is 17.9 Å². The molecule has 60 heavy (non-hydrogen) atoms. The number of carbonyl (C=O) groups is 2. The van der Waals surface area contributed by atoms with Crippen LogP contribution in [0.15, 0.2) is 103 Å². The monoisotopic (exact) mass is 807 g/mol. The van der Waals surface area contributed by atoms with E-state index < -0.39 is 0 Å². The number of fused-ring (bicyclic) bond motifs is 2. The number of urea groups is 2. The van der Waals surface area contributed by atoms with E-state index in [1.807, 2.05) is 78.9 Å². The van der Waals surface area contributed by atoms with Crippen molar-refractivity contribution in [2.75, 3.05) is 116 Å². The highest BCUT2D eigenvalue weighted by atomic mass is 16.5. The molecular weight excluding hydrogens is 755 g/mol. The largest absolute Gasteiger partial charge is 0.371 e. The molecule has 4 aliphatic heterocycles. The lowest BCUT2D eigenvalue weighted by molar-refractivity contribution is 0.0302. The Hall–Kier alpha value is -6.22. The van der Waals surface area contributed by atoms with Crippen LogP contribution in [0.3, 0.4) is 0 Å². The number of ether oxygens (including phenoxy) is 1. The molecule has 2 bridgehead atoms. The quantitative estimate of drug-likeness (QED) is 0.124. The van der Waals surface area contributed by atoms with Gasteiger partial charge in [0.15, 0.2) is 5.82 Å². The summed E-state index contributed by atoms with van der Waals surface area (Å²) in [6.45, 7) is 9.68. The molecule has 4 amide bonds. The molecule has 0 spiro atoms. The van der Waals surface area contributed by atoms with Crippen molar-refractivity contribution >= 4 is 52.0 Å². The van der Waals surface area contributed by atoms with Crippen LogP contribution in [-0.4, -0.2) is 124 Å². The van der Waals surface area contributed by atoms with Gasteiger partial charge in [-0.25, -0.2) is 19.6 Å². The lowest BCUT2D eigenvalue weighted by Crippen LogP contribution is -2.44. The molecule has 2 atom stereocenters. The Kier molecular flexibility index (Phi) is 11.5. The van der Waals surface area contributed by atoms with E-state index in [0.717, 1.165) is 124 Å². The highest BCUT2D eigenvalue weighted by molar-refractivity contribution is 6.00. The number of rotatable bonds is 9. The molecule has 5 heterocycles. The van der Waals surface area contributed by atoms with E-state index >= 15 is 0 Å². The van der Waals surface area contributed by atoms with Crippen LogP contribution >= 0.6 is 0 Å². The predicted octanol–water partition coefficient (Wildman–Crippen LogP) is 6.97. The van der Waals surface area contributed by atoms with Gasteiger partial charge >= 0.3 is 12.1 Å². The fourth-order valence-corrected chi connectivity index (χ4v) is 8.33. The first-order chi connectivity index (χ1) is 29.3. The van der Waals surface area contributed by atoms with Crippen LogP contribution in [0.25, 0.3) is 22.6 Å². The first-order valence-corrected chi connectivity index (χ1v) is 21.0. The van der Waals surface area contributed by atoms with E-state index in [0.29, 0.717) is 17.2 Å². The maximum Gasteiger partial charge on any atom is 0.323 e. The summed E-state index contributed by atoms with van der Waals surface area (Å²) in [5.74, 6) is 1.42. The van der Waals surface area contributed by atoms with Crippen molar-refractivity contribution in [2.24, 2.45) is 0 Å². The van der Waals surface area contributed by atoms with Crippen LogP contribution in [0, 0.1) is 0 Å². The van der Waals surface area contributed by atoms with Crippen LogP contribution in [0.2, 0.25) is 0 Å². The Morgan fingerprint density at radius 1 is 0.517 bits per heavy atom. The van der Waals surface area contributed by atoms with E-state index in [-0.39, 0.29) is 24.3 Å². The Balaban J connectivity index is 0.857. The van der Waals surface area contributed by atoms with Gasteiger partial charge in [-0.05, 0) is 112 Å². The molecule has 310 valence electrons. The summed E-state index contributed by atoms with van der Waals surface area (Å²) in [6, 6.07) is 32.7. The summed E-state index contributed by atoms with van der Waals surface area (Å²) in [7, 11) is 4.29. The summed E-state index contributed by atoms with van der Waals surface area (Å²) < 4.78 is 6.14. The third-order valence-electron chi connectivity index (χ3n) is 11.9. The number of anilines is 7. The summed E-state index contributed by atoms with van der Waals surface area (Å²) >= 11 is 0. The molecule has 0 saturated carbocycles. The van der Waals surface area contributed by atoms with Gasteiger partial charge in [-0.15, -0.1) is 0 Å². The minimum atomic E-state index is -0.316. The zero-order valence-electron chi connectivity index (χ0n) is 34.3. The highest BCUT2D eigenvalue weighted by Crippen LogP contribution is 2.33. The number of likely N-dealkylation sites (N-methyl/N-ethyl adjacent to an activating group) is 2. The van der Waals surface area contributed by atoms with Gasteiger partial charge in [0.25, 0.3) is 0 Å². The van der Waals surface area contributed by atoms with Crippen LogP contribution in [0.1, 0.15) is 12.8 Å². The smallest absolute Gasteiger partial charge is 0.323 e. The SMILES string of the molecule is CN1CCN(c2ccc(NC(=O)Nc3ccc(-c4cc(N5CC6CCC(C5)O6)nc(-c5ccc(NC(=O)Nc6ccc(N7CCN(C)CC7)cc6)cc5)n4)cc3)cc2)CC1. The second kappa shape index (κ2) is 17.6. The Morgan fingerprint density at radius 2 is 0.917 bits per heavy atom. The Bertz CT molecular complexity index is 2100. The molecule has 0 aliphatic carbocycles. The standard InChI is InChI=1S/C46H53N11O3/c1-53-21-25-55(26-22-53)38-15-11-36(12-16-38)49-45(58)47-34-7-3-32(4-8-34)42-29-43(57-30-40-19-20-41(31-57)60-40)52-44(51-42)33-5-9-35(10-6-33)48-46(59)50-37-13-17-39(18-14-37)56-27-23-54(2)24-28-56/h3-18,29,40-41H,19-28,30-31H2,1-2H3,(H2,47,49,58)(H2,48,50,59). The van der Waals surface area contributed by atoms with Crippen LogP contribution < -0.4 is 36.0 Å².